The molecule has 0 atom stereocenters. The van der Waals surface area contributed by atoms with Gasteiger partial charge in [-0.25, -0.2) is 0 Å². The van der Waals surface area contributed by atoms with E-state index >= 15 is 0 Å². The summed E-state index contributed by atoms with van der Waals surface area (Å²) in [6.07, 6.45) is -3.88. The number of amides is 1. The van der Waals surface area contributed by atoms with Crippen molar-refractivity contribution in [1.82, 2.24) is 0 Å². The van der Waals surface area contributed by atoms with Gasteiger partial charge in [-0.1, -0.05) is 22.5 Å². The van der Waals surface area contributed by atoms with Crippen LogP contribution < -0.4 is 10.1 Å². The Hall–Kier alpha value is -1.50. The summed E-state index contributed by atoms with van der Waals surface area (Å²) in [7, 11) is 0. The molecule has 3 nitrogen and oxygen atoms in total. The van der Waals surface area contributed by atoms with Crippen molar-refractivity contribution < 1.29 is 22.7 Å². The number of alkyl halides is 3. The molecule has 0 fully saturated rings. The Labute approximate surface area is 103 Å². The molecule has 0 heterocycles. The van der Waals surface area contributed by atoms with E-state index in [-0.39, 0.29) is 5.69 Å². The molecule has 7 heteroatoms. The number of carbonyl (C=O) groups is 1. The van der Waals surface area contributed by atoms with Gasteiger partial charge in [-0.15, -0.1) is 13.2 Å². The van der Waals surface area contributed by atoms with Gasteiger partial charge >= 0.3 is 6.36 Å². The van der Waals surface area contributed by atoms with Crippen LogP contribution in [0.4, 0.5) is 18.9 Å². The largest absolute Gasteiger partial charge is 0.573 e. The van der Waals surface area contributed by atoms with Crippen molar-refractivity contribution in [3.63, 3.8) is 0 Å². The molecule has 1 N–H and O–H groups in total. The van der Waals surface area contributed by atoms with E-state index < -0.39 is 18.0 Å². The number of carbonyl (C=O) groups excluding carboxylic acids is 1. The van der Waals surface area contributed by atoms with Gasteiger partial charge in [0.25, 0.3) is 0 Å². The van der Waals surface area contributed by atoms with E-state index in [2.05, 4.69) is 32.6 Å². The minimum Gasteiger partial charge on any atom is -0.404 e. The van der Waals surface area contributed by atoms with E-state index in [1.54, 1.807) is 0 Å². The lowest BCUT2D eigenvalue weighted by Gasteiger charge is -2.13. The van der Waals surface area contributed by atoms with Crippen LogP contribution >= 0.6 is 15.9 Å². The molecule has 92 valence electrons. The normalized spacial score (nSPS) is 10.8. The molecule has 0 saturated carbocycles. The lowest BCUT2D eigenvalue weighted by molar-refractivity contribution is -0.274. The lowest BCUT2D eigenvalue weighted by atomic mass is 10.3. The molecule has 0 spiro atoms. The van der Waals surface area contributed by atoms with Crippen molar-refractivity contribution in [2.75, 3.05) is 5.32 Å². The summed E-state index contributed by atoms with van der Waals surface area (Å²) in [4.78, 5) is 11.0. The number of hydrogen-bond donors (Lipinski definition) is 1. The highest BCUT2D eigenvalue weighted by Gasteiger charge is 2.32. The molecule has 0 aliphatic rings. The molecule has 1 aromatic rings. The van der Waals surface area contributed by atoms with Crippen LogP contribution in [0.2, 0.25) is 0 Å². The number of rotatable bonds is 3. The molecule has 1 aromatic carbocycles. The van der Waals surface area contributed by atoms with Crippen molar-refractivity contribution in [2.24, 2.45) is 0 Å². The van der Waals surface area contributed by atoms with Gasteiger partial charge in [-0.05, 0) is 24.3 Å². The van der Waals surface area contributed by atoms with Crippen molar-refractivity contribution in [3.8, 4) is 5.75 Å². The first-order valence-electron chi connectivity index (χ1n) is 4.30. The van der Waals surface area contributed by atoms with Gasteiger partial charge in [0.05, 0.1) is 5.69 Å². The maximum atomic E-state index is 12.1. The van der Waals surface area contributed by atoms with Crippen molar-refractivity contribution in [3.05, 3.63) is 35.3 Å². The molecule has 1 rings (SSSR count). The van der Waals surface area contributed by atoms with Crippen LogP contribution in [0.25, 0.3) is 0 Å². The Bertz CT molecular complexity index is 446. The monoisotopic (exact) mass is 309 g/mol. The Morgan fingerprint density at radius 3 is 2.65 bits per heavy atom. The first-order valence-corrected chi connectivity index (χ1v) is 5.10. The highest BCUT2D eigenvalue weighted by molar-refractivity contribution is 9.10. The molecular weight excluding hydrogens is 303 g/mol. The van der Waals surface area contributed by atoms with Crippen LogP contribution in [-0.4, -0.2) is 12.3 Å². The van der Waals surface area contributed by atoms with Crippen LogP contribution in [0.1, 0.15) is 0 Å². The fourth-order valence-corrected chi connectivity index (χ4v) is 1.36. The Morgan fingerprint density at radius 1 is 1.47 bits per heavy atom. The average molecular weight is 310 g/mol. The van der Waals surface area contributed by atoms with E-state index in [1.807, 2.05) is 0 Å². The van der Waals surface area contributed by atoms with Gasteiger partial charge in [0.1, 0.15) is 0 Å². The second-order valence-electron chi connectivity index (χ2n) is 2.88. The first kappa shape index (κ1) is 13.6. The minimum atomic E-state index is -4.82. The number of benzene rings is 1. The number of nitrogens with one attached hydrogen (secondary N) is 1. The topological polar surface area (TPSA) is 38.3 Å². The van der Waals surface area contributed by atoms with Crippen LogP contribution in [0.5, 0.6) is 5.75 Å². The molecule has 0 radical (unpaired) electrons. The van der Waals surface area contributed by atoms with E-state index in [1.165, 1.54) is 12.1 Å². The maximum absolute atomic E-state index is 12.1. The molecule has 17 heavy (non-hydrogen) atoms. The van der Waals surface area contributed by atoms with Gasteiger partial charge in [0.2, 0.25) is 5.91 Å². The summed E-state index contributed by atoms with van der Waals surface area (Å²) in [6.45, 7) is 3.20. The zero-order valence-electron chi connectivity index (χ0n) is 8.34. The predicted octanol–water partition coefficient (Wildman–Crippen LogP) is 3.47. The number of ether oxygens (including phenoxy) is 1. The van der Waals surface area contributed by atoms with Crippen molar-refractivity contribution in [2.45, 2.75) is 6.36 Å². The van der Waals surface area contributed by atoms with Gasteiger partial charge in [-0.3, -0.25) is 4.79 Å². The molecule has 0 aliphatic carbocycles. The van der Waals surface area contributed by atoms with Gasteiger partial charge in [0, 0.05) is 4.47 Å². The molecule has 0 saturated heterocycles. The van der Waals surface area contributed by atoms with Crippen LogP contribution in [0.15, 0.2) is 35.3 Å². The fourth-order valence-electron chi connectivity index (χ4n) is 0.997. The molecule has 0 bridgehead atoms. The van der Waals surface area contributed by atoms with Gasteiger partial charge in [-0.2, -0.15) is 0 Å². The van der Waals surface area contributed by atoms with Crippen molar-refractivity contribution in [1.29, 1.82) is 0 Å². The lowest BCUT2D eigenvalue weighted by Crippen LogP contribution is -2.19. The number of anilines is 1. The second kappa shape index (κ2) is 5.22. The average Bonchev–Trinajstić information content (AvgIpc) is 2.20. The van der Waals surface area contributed by atoms with E-state index in [4.69, 9.17) is 0 Å². The van der Waals surface area contributed by atoms with E-state index in [9.17, 15) is 18.0 Å². The second-order valence-corrected chi connectivity index (χ2v) is 3.80. The quantitative estimate of drug-likeness (QED) is 0.868. The Morgan fingerprint density at radius 2 is 2.12 bits per heavy atom. The van der Waals surface area contributed by atoms with Crippen molar-refractivity contribution >= 4 is 27.5 Å². The third kappa shape index (κ3) is 4.48. The Balaban J connectivity index is 3.03. The highest BCUT2D eigenvalue weighted by atomic mass is 79.9. The van der Waals surface area contributed by atoms with Crippen LogP contribution in [0, 0.1) is 0 Å². The molecular formula is C10H7BrF3NO2. The van der Waals surface area contributed by atoms with E-state index in [0.29, 0.717) is 4.47 Å². The van der Waals surface area contributed by atoms with Crippen LogP contribution in [-0.2, 0) is 4.79 Å². The maximum Gasteiger partial charge on any atom is 0.573 e. The van der Waals surface area contributed by atoms with Crippen LogP contribution in [0.3, 0.4) is 0 Å². The zero-order chi connectivity index (χ0) is 13.1. The number of hydrogen-bond acceptors (Lipinski definition) is 2. The third-order valence-electron chi connectivity index (χ3n) is 1.61. The molecule has 0 aromatic heterocycles. The third-order valence-corrected chi connectivity index (χ3v) is 2.10. The Kier molecular flexibility index (Phi) is 4.17. The van der Waals surface area contributed by atoms with E-state index in [0.717, 1.165) is 12.1 Å². The standard InChI is InChI=1S/C10H7BrF3NO2/c1-2-9(16)15-7-5-6(11)3-4-8(7)17-10(12,13)14/h2-5H,1H2,(H,15,16). The zero-order valence-corrected chi connectivity index (χ0v) is 9.93. The summed E-state index contributed by atoms with van der Waals surface area (Å²) < 4.78 is 40.5. The minimum absolute atomic E-state index is 0.0957. The number of halogens is 4. The molecule has 0 aliphatic heterocycles. The summed E-state index contributed by atoms with van der Waals surface area (Å²) >= 11 is 3.07. The summed E-state index contributed by atoms with van der Waals surface area (Å²) in [6, 6.07) is 3.75. The molecule has 1 amide bonds. The first-order chi connectivity index (χ1) is 7.81. The summed E-state index contributed by atoms with van der Waals surface area (Å²) in [5, 5.41) is 2.21. The summed E-state index contributed by atoms with van der Waals surface area (Å²) in [5.74, 6) is -1.12. The van der Waals surface area contributed by atoms with Gasteiger partial charge < -0.3 is 10.1 Å². The summed E-state index contributed by atoms with van der Waals surface area (Å²) in [5.41, 5.74) is -0.0957. The van der Waals surface area contributed by atoms with Gasteiger partial charge in [0.15, 0.2) is 5.75 Å². The smallest absolute Gasteiger partial charge is 0.404 e. The fraction of sp³-hybridized carbons (Fsp3) is 0.100. The molecule has 0 unspecified atom stereocenters. The predicted molar refractivity (Wildman–Crippen MR) is 59.7 cm³/mol. The highest BCUT2D eigenvalue weighted by Crippen LogP contribution is 2.32. The SMILES string of the molecule is C=CC(=O)Nc1cc(Br)ccc1OC(F)(F)F.